The summed E-state index contributed by atoms with van der Waals surface area (Å²) in [6, 6.07) is 7.18. The van der Waals surface area contributed by atoms with Crippen LogP contribution in [0.25, 0.3) is 0 Å². The summed E-state index contributed by atoms with van der Waals surface area (Å²) in [6.45, 7) is 3.32. The quantitative estimate of drug-likeness (QED) is 0.307. The summed E-state index contributed by atoms with van der Waals surface area (Å²) in [5, 5.41) is 14.9. The van der Waals surface area contributed by atoms with Crippen molar-refractivity contribution in [1.29, 1.82) is 0 Å². The average Bonchev–Trinajstić information content (AvgIpc) is 3.28. The minimum Gasteiger partial charge on any atom is -0.367 e. The van der Waals surface area contributed by atoms with Crippen LogP contribution in [0, 0.1) is 0 Å². The largest absolute Gasteiger partial charge is 0.411 e. The van der Waals surface area contributed by atoms with Crippen molar-refractivity contribution >= 4 is 29.9 Å². The third kappa shape index (κ3) is 7.42. The number of rotatable bonds is 8. The minimum atomic E-state index is -4.31. The average molecular weight is 538 g/mol. The maximum Gasteiger partial charge on any atom is 0.411 e. The van der Waals surface area contributed by atoms with Gasteiger partial charge in [0.15, 0.2) is 11.8 Å². The first-order valence-electron chi connectivity index (χ1n) is 9.60. The Balaban J connectivity index is 0.00000320. The summed E-state index contributed by atoms with van der Waals surface area (Å²) in [6.07, 6.45) is -2.24. The van der Waals surface area contributed by atoms with E-state index in [1.54, 1.807) is 12.1 Å². The fourth-order valence-corrected chi connectivity index (χ4v) is 3.04. The lowest BCUT2D eigenvalue weighted by Crippen LogP contribution is -2.37. The SMILES string of the molecule is CCNC(=NCc1ccc(COCC(F)(F)F)cc1)NCc1nnc2n1CCC2.I. The Kier molecular flexibility index (Phi) is 9.34. The van der Waals surface area contributed by atoms with Gasteiger partial charge in [0, 0.05) is 19.5 Å². The van der Waals surface area contributed by atoms with Gasteiger partial charge in [-0.05, 0) is 24.5 Å². The number of hydrogen-bond donors (Lipinski definition) is 2. The molecule has 2 aromatic rings. The smallest absolute Gasteiger partial charge is 0.367 e. The Bertz CT molecular complexity index is 823. The lowest BCUT2D eigenvalue weighted by molar-refractivity contribution is -0.176. The molecule has 1 aromatic heterocycles. The second-order valence-corrected chi connectivity index (χ2v) is 6.76. The summed E-state index contributed by atoms with van der Waals surface area (Å²) in [4.78, 5) is 4.56. The molecule has 7 nitrogen and oxygen atoms in total. The topological polar surface area (TPSA) is 76.4 Å². The predicted octanol–water partition coefficient (Wildman–Crippen LogP) is 3.18. The second-order valence-electron chi connectivity index (χ2n) is 6.76. The summed E-state index contributed by atoms with van der Waals surface area (Å²) in [7, 11) is 0. The third-order valence-corrected chi connectivity index (χ3v) is 4.42. The van der Waals surface area contributed by atoms with Gasteiger partial charge in [-0.25, -0.2) is 4.99 Å². The summed E-state index contributed by atoms with van der Waals surface area (Å²) in [5.41, 5.74) is 1.64. The predicted molar refractivity (Wildman–Crippen MR) is 118 cm³/mol. The van der Waals surface area contributed by atoms with Crippen LogP contribution in [-0.2, 0) is 37.4 Å². The molecule has 1 aliphatic heterocycles. The maximum absolute atomic E-state index is 12.1. The van der Waals surface area contributed by atoms with Crippen LogP contribution < -0.4 is 10.6 Å². The zero-order valence-electron chi connectivity index (χ0n) is 16.7. The molecule has 2 heterocycles. The van der Waals surface area contributed by atoms with Crippen LogP contribution >= 0.6 is 24.0 Å². The molecule has 1 aromatic carbocycles. The Morgan fingerprint density at radius 3 is 2.60 bits per heavy atom. The van der Waals surface area contributed by atoms with Crippen LogP contribution in [-0.4, -0.2) is 40.1 Å². The van der Waals surface area contributed by atoms with Crippen molar-refractivity contribution in [2.75, 3.05) is 13.2 Å². The number of guanidine groups is 1. The van der Waals surface area contributed by atoms with Crippen LogP contribution in [0.1, 0.15) is 36.1 Å². The van der Waals surface area contributed by atoms with E-state index < -0.39 is 12.8 Å². The Morgan fingerprint density at radius 1 is 1.17 bits per heavy atom. The fourth-order valence-electron chi connectivity index (χ4n) is 3.04. The van der Waals surface area contributed by atoms with E-state index in [4.69, 9.17) is 0 Å². The molecule has 0 saturated carbocycles. The van der Waals surface area contributed by atoms with Crippen molar-refractivity contribution in [2.45, 2.75) is 52.2 Å². The number of ether oxygens (including phenoxy) is 1. The number of fused-ring (bicyclic) bond motifs is 1. The van der Waals surface area contributed by atoms with Gasteiger partial charge in [-0.15, -0.1) is 34.2 Å². The number of aryl methyl sites for hydroxylation is 1. The normalized spacial score (nSPS) is 13.7. The van der Waals surface area contributed by atoms with Gasteiger partial charge in [-0.1, -0.05) is 24.3 Å². The Morgan fingerprint density at radius 2 is 1.90 bits per heavy atom. The maximum atomic E-state index is 12.1. The molecule has 166 valence electrons. The van der Waals surface area contributed by atoms with E-state index >= 15 is 0 Å². The van der Waals surface area contributed by atoms with Crippen LogP contribution in [0.15, 0.2) is 29.3 Å². The third-order valence-electron chi connectivity index (χ3n) is 4.42. The summed E-state index contributed by atoms with van der Waals surface area (Å²) < 4.78 is 43.2. The minimum absolute atomic E-state index is 0. The molecular weight excluding hydrogens is 512 g/mol. The molecule has 0 saturated heterocycles. The number of aromatic nitrogens is 3. The van der Waals surface area contributed by atoms with E-state index in [2.05, 4.69) is 35.1 Å². The van der Waals surface area contributed by atoms with Crippen LogP contribution in [0.5, 0.6) is 0 Å². The first kappa shape index (κ1) is 24.4. The number of alkyl halides is 3. The molecule has 0 radical (unpaired) electrons. The zero-order valence-corrected chi connectivity index (χ0v) is 19.0. The number of nitrogens with one attached hydrogen (secondary N) is 2. The monoisotopic (exact) mass is 538 g/mol. The van der Waals surface area contributed by atoms with Crippen molar-refractivity contribution in [1.82, 2.24) is 25.4 Å². The van der Waals surface area contributed by atoms with E-state index in [0.29, 0.717) is 24.6 Å². The van der Waals surface area contributed by atoms with Crippen molar-refractivity contribution in [2.24, 2.45) is 4.99 Å². The number of nitrogens with zero attached hydrogens (tertiary/aromatic N) is 4. The molecule has 0 amide bonds. The highest BCUT2D eigenvalue weighted by molar-refractivity contribution is 14.0. The lowest BCUT2D eigenvalue weighted by Gasteiger charge is -2.11. The summed E-state index contributed by atoms with van der Waals surface area (Å²) in [5.74, 6) is 2.59. The van der Waals surface area contributed by atoms with E-state index in [1.807, 2.05) is 19.1 Å². The highest BCUT2D eigenvalue weighted by atomic mass is 127. The van der Waals surface area contributed by atoms with Gasteiger partial charge in [0.25, 0.3) is 0 Å². The van der Waals surface area contributed by atoms with Gasteiger partial charge < -0.3 is 19.9 Å². The van der Waals surface area contributed by atoms with Gasteiger partial charge in [0.2, 0.25) is 0 Å². The van der Waals surface area contributed by atoms with E-state index in [-0.39, 0.29) is 30.6 Å². The molecule has 3 rings (SSSR count). The number of benzene rings is 1. The molecule has 0 atom stereocenters. The fraction of sp³-hybridized carbons (Fsp3) is 0.526. The van der Waals surface area contributed by atoms with Crippen LogP contribution in [0.2, 0.25) is 0 Å². The highest BCUT2D eigenvalue weighted by Crippen LogP contribution is 2.16. The molecule has 11 heteroatoms. The molecule has 0 bridgehead atoms. The molecule has 30 heavy (non-hydrogen) atoms. The van der Waals surface area contributed by atoms with E-state index in [0.717, 1.165) is 43.1 Å². The molecule has 0 aliphatic carbocycles. The second kappa shape index (κ2) is 11.5. The molecule has 1 aliphatic rings. The van der Waals surface area contributed by atoms with E-state index in [9.17, 15) is 13.2 Å². The standard InChI is InChI=1S/C19H25F3N6O.HI/c1-2-23-18(25-11-17-27-26-16-4-3-9-28(16)17)24-10-14-5-7-15(8-6-14)12-29-13-19(20,21)22;/h5-8H,2-4,9-13H2,1H3,(H2,23,24,25);1H. The molecular formula is C19H26F3IN6O. The van der Waals surface area contributed by atoms with Crippen molar-refractivity contribution in [3.05, 3.63) is 47.0 Å². The van der Waals surface area contributed by atoms with Gasteiger partial charge in [-0.3, -0.25) is 0 Å². The van der Waals surface area contributed by atoms with Gasteiger partial charge in [0.1, 0.15) is 12.4 Å². The molecule has 2 N–H and O–H groups in total. The first-order valence-corrected chi connectivity index (χ1v) is 9.60. The number of halogens is 4. The van der Waals surface area contributed by atoms with Crippen molar-refractivity contribution < 1.29 is 17.9 Å². The zero-order chi connectivity index (χ0) is 20.7. The van der Waals surface area contributed by atoms with E-state index in [1.165, 1.54) is 0 Å². The Labute approximate surface area is 190 Å². The van der Waals surface area contributed by atoms with Crippen LogP contribution in [0.4, 0.5) is 13.2 Å². The highest BCUT2D eigenvalue weighted by Gasteiger charge is 2.27. The van der Waals surface area contributed by atoms with Gasteiger partial charge >= 0.3 is 6.18 Å². The molecule has 0 spiro atoms. The first-order chi connectivity index (χ1) is 13.9. The number of hydrogen-bond acceptors (Lipinski definition) is 4. The van der Waals surface area contributed by atoms with Crippen LogP contribution in [0.3, 0.4) is 0 Å². The molecule has 0 unspecified atom stereocenters. The van der Waals surface area contributed by atoms with Gasteiger partial charge in [-0.2, -0.15) is 13.2 Å². The lowest BCUT2D eigenvalue weighted by atomic mass is 10.1. The van der Waals surface area contributed by atoms with Crippen molar-refractivity contribution in [3.63, 3.8) is 0 Å². The molecule has 0 fully saturated rings. The Hall–Kier alpha value is -1.89. The van der Waals surface area contributed by atoms with Crippen molar-refractivity contribution in [3.8, 4) is 0 Å². The summed E-state index contributed by atoms with van der Waals surface area (Å²) >= 11 is 0. The number of aliphatic imine (C=N–C) groups is 1. The van der Waals surface area contributed by atoms with Gasteiger partial charge in [0.05, 0.1) is 19.7 Å².